The molecule has 9 heteroatoms. The Morgan fingerprint density at radius 1 is 1.14 bits per heavy atom. The summed E-state index contributed by atoms with van der Waals surface area (Å²) in [5.74, 6) is -0.855. The van der Waals surface area contributed by atoms with Gasteiger partial charge in [-0.05, 0) is 84.1 Å². The molecule has 2 N–H and O–H groups in total. The first-order valence-electron chi connectivity index (χ1n) is 11.4. The molecule has 0 aliphatic heterocycles. The van der Waals surface area contributed by atoms with E-state index in [-0.39, 0.29) is 17.7 Å². The van der Waals surface area contributed by atoms with Crippen LogP contribution in [0.1, 0.15) is 34.7 Å². The second-order valence-corrected chi connectivity index (χ2v) is 9.01. The van der Waals surface area contributed by atoms with Crippen molar-refractivity contribution in [2.24, 2.45) is 13.0 Å². The number of carboxylic acid groups (broad SMARTS) is 1. The average Bonchev–Trinajstić information content (AvgIpc) is 3.52. The Bertz CT molecular complexity index is 1390. The number of aliphatic carboxylic acids is 1. The van der Waals surface area contributed by atoms with Gasteiger partial charge in [-0.15, -0.1) is 10.2 Å². The van der Waals surface area contributed by atoms with Gasteiger partial charge in [0.2, 0.25) is 5.82 Å². The summed E-state index contributed by atoms with van der Waals surface area (Å²) in [6.45, 7) is 4.33. The van der Waals surface area contributed by atoms with E-state index in [0.717, 1.165) is 39.2 Å². The molecule has 1 aliphatic carbocycles. The zero-order valence-corrected chi connectivity index (χ0v) is 19.7. The fourth-order valence-corrected chi connectivity index (χ4v) is 4.53. The zero-order chi connectivity index (χ0) is 24.7. The summed E-state index contributed by atoms with van der Waals surface area (Å²) < 4.78 is 14.6. The standard InChI is InChI=1S/C26H25FN6O2/c1-14-8-17(25-30-32-33(3)31-25)9-15(2)24(14)16-4-6-22(27)18(10-16)12-28-19-5-7-23(29-13-19)20-11-21(20)26(34)35/h4-10,13,20-21,28H,11-12H2,1-3H3,(H,34,35)/t20-,21-/m0/s1. The van der Waals surface area contributed by atoms with Gasteiger partial charge >= 0.3 is 5.97 Å². The Hall–Kier alpha value is -4.14. The molecule has 5 rings (SSSR count). The highest BCUT2D eigenvalue weighted by atomic mass is 19.1. The van der Waals surface area contributed by atoms with Crippen molar-refractivity contribution in [1.29, 1.82) is 0 Å². The van der Waals surface area contributed by atoms with Crippen molar-refractivity contribution >= 4 is 11.7 Å². The van der Waals surface area contributed by atoms with E-state index in [1.165, 1.54) is 10.9 Å². The van der Waals surface area contributed by atoms with E-state index in [0.29, 0.717) is 24.4 Å². The third-order valence-electron chi connectivity index (χ3n) is 6.39. The molecular weight excluding hydrogens is 447 g/mol. The number of nitrogens with one attached hydrogen (secondary N) is 1. The van der Waals surface area contributed by atoms with Gasteiger partial charge in [-0.3, -0.25) is 9.78 Å². The molecule has 2 atom stereocenters. The molecule has 0 saturated heterocycles. The molecule has 1 fully saturated rings. The van der Waals surface area contributed by atoms with E-state index in [9.17, 15) is 9.18 Å². The largest absolute Gasteiger partial charge is 0.481 e. The van der Waals surface area contributed by atoms with Crippen LogP contribution in [0.2, 0.25) is 0 Å². The van der Waals surface area contributed by atoms with Crippen LogP contribution in [0.3, 0.4) is 0 Å². The van der Waals surface area contributed by atoms with Crippen LogP contribution >= 0.6 is 0 Å². The van der Waals surface area contributed by atoms with Crippen LogP contribution in [0.5, 0.6) is 0 Å². The summed E-state index contributed by atoms with van der Waals surface area (Å²) >= 11 is 0. The average molecular weight is 473 g/mol. The predicted molar refractivity (Wildman–Crippen MR) is 129 cm³/mol. The first-order valence-corrected chi connectivity index (χ1v) is 11.4. The molecule has 2 aromatic carbocycles. The van der Waals surface area contributed by atoms with Crippen LogP contribution in [-0.2, 0) is 18.4 Å². The number of aromatic nitrogens is 5. The zero-order valence-electron chi connectivity index (χ0n) is 19.7. The molecule has 0 unspecified atom stereocenters. The molecular formula is C26H25FN6O2. The van der Waals surface area contributed by atoms with Gasteiger partial charge < -0.3 is 10.4 Å². The minimum atomic E-state index is -0.778. The Balaban J connectivity index is 1.33. The van der Waals surface area contributed by atoms with Crippen molar-refractivity contribution in [3.05, 3.63) is 76.9 Å². The van der Waals surface area contributed by atoms with Crippen LogP contribution < -0.4 is 5.32 Å². The summed E-state index contributed by atoms with van der Waals surface area (Å²) in [4.78, 5) is 16.9. The lowest BCUT2D eigenvalue weighted by Crippen LogP contribution is -2.04. The number of carboxylic acids is 1. The van der Waals surface area contributed by atoms with E-state index >= 15 is 0 Å². The van der Waals surface area contributed by atoms with Crippen LogP contribution in [-0.4, -0.2) is 36.3 Å². The van der Waals surface area contributed by atoms with Crippen molar-refractivity contribution in [2.45, 2.75) is 32.7 Å². The summed E-state index contributed by atoms with van der Waals surface area (Å²) in [7, 11) is 1.73. The molecule has 4 aromatic rings. The molecule has 1 saturated carbocycles. The minimum Gasteiger partial charge on any atom is -0.481 e. The van der Waals surface area contributed by atoms with Gasteiger partial charge in [-0.2, -0.15) is 4.80 Å². The maximum Gasteiger partial charge on any atom is 0.307 e. The molecule has 35 heavy (non-hydrogen) atoms. The summed E-state index contributed by atoms with van der Waals surface area (Å²) in [6, 6.07) is 12.9. The van der Waals surface area contributed by atoms with Crippen molar-refractivity contribution in [2.75, 3.05) is 5.32 Å². The van der Waals surface area contributed by atoms with Crippen LogP contribution in [0, 0.1) is 25.6 Å². The van der Waals surface area contributed by atoms with E-state index in [2.05, 4.69) is 25.7 Å². The van der Waals surface area contributed by atoms with Gasteiger partial charge in [0.15, 0.2) is 0 Å². The van der Waals surface area contributed by atoms with Gasteiger partial charge in [-0.25, -0.2) is 4.39 Å². The molecule has 0 bridgehead atoms. The number of pyridine rings is 1. The van der Waals surface area contributed by atoms with E-state index in [1.807, 2.05) is 44.2 Å². The number of anilines is 1. The molecule has 1 aliphatic rings. The molecule has 2 heterocycles. The van der Waals surface area contributed by atoms with Crippen molar-refractivity contribution in [3.63, 3.8) is 0 Å². The number of hydrogen-bond donors (Lipinski definition) is 2. The molecule has 2 aromatic heterocycles. The van der Waals surface area contributed by atoms with Crippen LogP contribution in [0.15, 0.2) is 48.7 Å². The fourth-order valence-electron chi connectivity index (χ4n) is 4.53. The second-order valence-electron chi connectivity index (χ2n) is 9.01. The third-order valence-corrected chi connectivity index (χ3v) is 6.39. The molecule has 0 spiro atoms. The van der Waals surface area contributed by atoms with Gasteiger partial charge in [0, 0.05) is 29.3 Å². The normalized spacial score (nSPS) is 16.8. The Labute approximate surface area is 201 Å². The topological polar surface area (TPSA) is 106 Å². The van der Waals surface area contributed by atoms with Gasteiger partial charge in [0.1, 0.15) is 5.82 Å². The highest BCUT2D eigenvalue weighted by Crippen LogP contribution is 2.46. The lowest BCUT2D eigenvalue weighted by molar-refractivity contribution is -0.138. The van der Waals surface area contributed by atoms with Gasteiger partial charge in [0.25, 0.3) is 0 Å². The summed E-state index contributed by atoms with van der Waals surface area (Å²) in [5, 5.41) is 24.6. The van der Waals surface area contributed by atoms with Gasteiger partial charge in [-0.1, -0.05) is 6.07 Å². The van der Waals surface area contributed by atoms with Crippen LogP contribution in [0.4, 0.5) is 10.1 Å². The number of halogens is 1. The number of carbonyl (C=O) groups is 1. The number of benzene rings is 2. The molecule has 0 amide bonds. The predicted octanol–water partition coefficient (Wildman–Crippen LogP) is 4.50. The number of nitrogens with zero attached hydrogens (tertiary/aromatic N) is 5. The lowest BCUT2D eigenvalue weighted by atomic mass is 9.92. The Kier molecular flexibility index (Phi) is 5.76. The first-order chi connectivity index (χ1) is 16.8. The first kappa shape index (κ1) is 22.6. The smallest absolute Gasteiger partial charge is 0.307 e. The van der Waals surface area contributed by atoms with Crippen molar-refractivity contribution < 1.29 is 14.3 Å². The number of aryl methyl sites for hydroxylation is 3. The monoisotopic (exact) mass is 472 g/mol. The second kappa shape index (κ2) is 8.90. The van der Waals surface area contributed by atoms with Crippen molar-refractivity contribution in [1.82, 2.24) is 25.2 Å². The number of hydrogen-bond acceptors (Lipinski definition) is 6. The maximum absolute atomic E-state index is 14.6. The van der Waals surface area contributed by atoms with Crippen molar-refractivity contribution in [3.8, 4) is 22.5 Å². The summed E-state index contributed by atoms with van der Waals surface area (Å²) in [6.07, 6.45) is 2.30. The SMILES string of the molecule is Cc1cc(-c2nnn(C)n2)cc(C)c1-c1ccc(F)c(CNc2ccc([C@H]3C[C@@H]3C(=O)O)nc2)c1. The quantitative estimate of drug-likeness (QED) is 0.408. The van der Waals surface area contributed by atoms with E-state index in [4.69, 9.17) is 5.11 Å². The maximum atomic E-state index is 14.6. The minimum absolute atomic E-state index is 0.0155. The van der Waals surface area contributed by atoms with Gasteiger partial charge in [0.05, 0.1) is 24.8 Å². The number of rotatable bonds is 7. The molecule has 178 valence electrons. The van der Waals surface area contributed by atoms with E-state index in [1.54, 1.807) is 19.3 Å². The number of tetrazole rings is 1. The summed E-state index contributed by atoms with van der Waals surface area (Å²) in [5.41, 5.74) is 7.01. The van der Waals surface area contributed by atoms with Crippen LogP contribution in [0.25, 0.3) is 22.5 Å². The lowest BCUT2D eigenvalue weighted by Gasteiger charge is -2.14. The highest BCUT2D eigenvalue weighted by molar-refractivity contribution is 5.76. The Morgan fingerprint density at radius 2 is 1.91 bits per heavy atom. The Morgan fingerprint density at radius 3 is 2.51 bits per heavy atom. The molecule has 0 radical (unpaired) electrons. The third kappa shape index (κ3) is 4.62. The van der Waals surface area contributed by atoms with E-state index < -0.39 is 5.97 Å². The highest BCUT2D eigenvalue weighted by Gasteiger charge is 2.45. The molecule has 8 nitrogen and oxygen atoms in total. The fraction of sp³-hybridized carbons (Fsp3) is 0.269.